The van der Waals surface area contributed by atoms with Crippen LogP contribution in [0.4, 0.5) is 0 Å². The van der Waals surface area contributed by atoms with Crippen LogP contribution in [0, 0.1) is 0 Å². The maximum atomic E-state index is 11.3. The van der Waals surface area contributed by atoms with Gasteiger partial charge in [0.1, 0.15) is 13.2 Å². The Balaban J connectivity index is 3.23. The van der Waals surface area contributed by atoms with Gasteiger partial charge in [-0.1, -0.05) is 6.58 Å². The van der Waals surface area contributed by atoms with Crippen molar-refractivity contribution >= 4 is 17.9 Å². The summed E-state index contributed by atoms with van der Waals surface area (Å²) in [5.41, 5.74) is 0. The number of carbonyl (C=O) groups is 3. The van der Waals surface area contributed by atoms with Crippen LogP contribution in [-0.2, 0) is 33.3 Å². The molecular formula is C15H24O8. The van der Waals surface area contributed by atoms with Crippen molar-refractivity contribution in [2.75, 3.05) is 39.6 Å². The minimum Gasteiger partial charge on any atom is -0.481 e. The molecule has 0 aromatic rings. The van der Waals surface area contributed by atoms with E-state index >= 15 is 0 Å². The van der Waals surface area contributed by atoms with Crippen LogP contribution in [0.1, 0.15) is 25.7 Å². The molecule has 0 atom stereocenters. The highest BCUT2D eigenvalue weighted by Crippen LogP contribution is 2.01. The lowest BCUT2D eigenvalue weighted by molar-refractivity contribution is -0.146. The fourth-order valence-electron chi connectivity index (χ4n) is 1.41. The molecule has 0 saturated heterocycles. The molecule has 0 heterocycles. The molecule has 0 unspecified atom stereocenters. The quantitative estimate of drug-likeness (QED) is 0.268. The van der Waals surface area contributed by atoms with Crippen molar-refractivity contribution in [1.82, 2.24) is 0 Å². The highest BCUT2D eigenvalue weighted by Gasteiger charge is 2.04. The molecule has 0 rings (SSSR count). The monoisotopic (exact) mass is 332 g/mol. The Morgan fingerprint density at radius 2 is 1.35 bits per heavy atom. The van der Waals surface area contributed by atoms with Crippen molar-refractivity contribution in [1.29, 1.82) is 0 Å². The maximum absolute atomic E-state index is 11.3. The van der Waals surface area contributed by atoms with Crippen LogP contribution in [0.25, 0.3) is 0 Å². The number of carboxylic acid groups (broad SMARTS) is 1. The van der Waals surface area contributed by atoms with Gasteiger partial charge in [-0.25, -0.2) is 4.79 Å². The smallest absolute Gasteiger partial charge is 0.330 e. The number of esters is 2. The predicted octanol–water partition coefficient (Wildman–Crippen LogP) is 0.937. The third kappa shape index (κ3) is 16.3. The Kier molecular flexibility index (Phi) is 13.7. The second-order valence-corrected chi connectivity index (χ2v) is 4.42. The highest BCUT2D eigenvalue weighted by atomic mass is 16.6. The van der Waals surface area contributed by atoms with Crippen LogP contribution < -0.4 is 0 Å². The Morgan fingerprint density at radius 3 is 1.91 bits per heavy atom. The maximum Gasteiger partial charge on any atom is 0.330 e. The average Bonchev–Trinajstić information content (AvgIpc) is 2.52. The van der Waals surface area contributed by atoms with Gasteiger partial charge in [0, 0.05) is 18.9 Å². The lowest BCUT2D eigenvalue weighted by Gasteiger charge is -2.07. The molecule has 0 aliphatic heterocycles. The largest absolute Gasteiger partial charge is 0.481 e. The van der Waals surface area contributed by atoms with Crippen molar-refractivity contribution < 1.29 is 38.4 Å². The molecule has 0 amide bonds. The van der Waals surface area contributed by atoms with Gasteiger partial charge >= 0.3 is 17.9 Å². The van der Waals surface area contributed by atoms with Crippen molar-refractivity contribution in [3.05, 3.63) is 12.7 Å². The number of rotatable bonds is 15. The Morgan fingerprint density at radius 1 is 0.826 bits per heavy atom. The van der Waals surface area contributed by atoms with Crippen LogP contribution >= 0.6 is 0 Å². The summed E-state index contributed by atoms with van der Waals surface area (Å²) in [5.74, 6) is -1.72. The van der Waals surface area contributed by atoms with E-state index < -0.39 is 11.9 Å². The molecule has 23 heavy (non-hydrogen) atoms. The first-order valence-electron chi connectivity index (χ1n) is 7.38. The van der Waals surface area contributed by atoms with Crippen LogP contribution in [-0.4, -0.2) is 62.7 Å². The standard InChI is InChI=1S/C15H24O8/c1-2-14(18)22-11-9-20-7-8-21-10-12-23-15(19)6-4-3-5-13(16)17/h2H,1,3-12H2,(H,16,17). The molecule has 8 heteroatoms. The summed E-state index contributed by atoms with van der Waals surface area (Å²) >= 11 is 0. The van der Waals surface area contributed by atoms with E-state index in [-0.39, 0.29) is 45.2 Å². The van der Waals surface area contributed by atoms with Crippen molar-refractivity contribution in [3.63, 3.8) is 0 Å². The van der Waals surface area contributed by atoms with E-state index in [2.05, 4.69) is 6.58 Å². The van der Waals surface area contributed by atoms with Gasteiger partial charge < -0.3 is 24.1 Å². The van der Waals surface area contributed by atoms with Crippen LogP contribution in [0.2, 0.25) is 0 Å². The summed E-state index contributed by atoms with van der Waals surface area (Å²) in [6, 6.07) is 0. The first-order chi connectivity index (χ1) is 11.1. The number of unbranched alkanes of at least 4 members (excludes halogenated alkanes) is 1. The number of aliphatic carboxylic acids is 1. The average molecular weight is 332 g/mol. The summed E-state index contributed by atoms with van der Waals surface area (Å²) in [5, 5.41) is 8.44. The molecule has 132 valence electrons. The third-order valence-corrected chi connectivity index (χ3v) is 2.52. The van der Waals surface area contributed by atoms with Crippen LogP contribution in [0.15, 0.2) is 12.7 Å². The van der Waals surface area contributed by atoms with Crippen molar-refractivity contribution in [3.8, 4) is 0 Å². The molecule has 8 nitrogen and oxygen atoms in total. The molecule has 0 saturated carbocycles. The fourth-order valence-corrected chi connectivity index (χ4v) is 1.41. The highest BCUT2D eigenvalue weighted by molar-refractivity contribution is 5.81. The summed E-state index contributed by atoms with van der Waals surface area (Å²) in [4.78, 5) is 32.2. The number of hydrogen-bond donors (Lipinski definition) is 1. The van der Waals surface area contributed by atoms with Gasteiger partial charge in [-0.05, 0) is 12.8 Å². The number of ether oxygens (including phenoxy) is 4. The molecule has 0 bridgehead atoms. The fraction of sp³-hybridized carbons (Fsp3) is 0.667. The summed E-state index contributed by atoms with van der Waals surface area (Å²) in [6.45, 7) is 4.78. The Bertz CT molecular complexity index is 366. The van der Waals surface area contributed by atoms with E-state index in [1.165, 1.54) is 0 Å². The van der Waals surface area contributed by atoms with Gasteiger partial charge in [-0.2, -0.15) is 0 Å². The molecule has 1 N–H and O–H groups in total. The van der Waals surface area contributed by atoms with E-state index in [9.17, 15) is 14.4 Å². The zero-order valence-electron chi connectivity index (χ0n) is 13.2. The van der Waals surface area contributed by atoms with E-state index in [4.69, 9.17) is 24.1 Å². The van der Waals surface area contributed by atoms with E-state index in [1.807, 2.05) is 0 Å². The molecule has 0 aliphatic rings. The van der Waals surface area contributed by atoms with E-state index in [0.717, 1.165) is 6.08 Å². The van der Waals surface area contributed by atoms with Gasteiger partial charge in [0.15, 0.2) is 0 Å². The van der Waals surface area contributed by atoms with Crippen LogP contribution in [0.5, 0.6) is 0 Å². The molecule has 0 radical (unpaired) electrons. The number of carbonyl (C=O) groups excluding carboxylic acids is 2. The zero-order valence-corrected chi connectivity index (χ0v) is 13.2. The van der Waals surface area contributed by atoms with Gasteiger partial charge in [0.25, 0.3) is 0 Å². The minimum absolute atomic E-state index is 0.0587. The third-order valence-electron chi connectivity index (χ3n) is 2.52. The topological polar surface area (TPSA) is 108 Å². The normalized spacial score (nSPS) is 10.1. The summed E-state index contributed by atoms with van der Waals surface area (Å²) in [6.07, 6.45) is 2.30. The minimum atomic E-state index is -0.868. The van der Waals surface area contributed by atoms with Gasteiger partial charge in [0.2, 0.25) is 0 Å². The van der Waals surface area contributed by atoms with Crippen molar-refractivity contribution in [2.24, 2.45) is 0 Å². The van der Waals surface area contributed by atoms with E-state index in [0.29, 0.717) is 26.1 Å². The van der Waals surface area contributed by atoms with E-state index in [1.54, 1.807) is 0 Å². The zero-order chi connectivity index (χ0) is 17.3. The molecule has 0 fully saturated rings. The second kappa shape index (κ2) is 15.0. The molecule has 0 aromatic carbocycles. The molecule has 0 aromatic heterocycles. The Hall–Kier alpha value is -1.93. The first-order valence-corrected chi connectivity index (χ1v) is 7.38. The predicted molar refractivity (Wildman–Crippen MR) is 79.9 cm³/mol. The number of carboxylic acids is 1. The SMILES string of the molecule is C=CC(=O)OCCOCCOCCOC(=O)CCCCC(=O)O. The molecular weight excluding hydrogens is 308 g/mol. The van der Waals surface area contributed by atoms with Crippen LogP contribution in [0.3, 0.4) is 0 Å². The van der Waals surface area contributed by atoms with Gasteiger partial charge in [0.05, 0.1) is 26.4 Å². The molecule has 0 aliphatic carbocycles. The Labute approximate surface area is 135 Å². The molecule has 0 spiro atoms. The lowest BCUT2D eigenvalue weighted by atomic mass is 10.2. The first kappa shape index (κ1) is 21.1. The second-order valence-electron chi connectivity index (χ2n) is 4.42. The van der Waals surface area contributed by atoms with Gasteiger partial charge in [-0.15, -0.1) is 0 Å². The summed E-state index contributed by atoms with van der Waals surface area (Å²) in [7, 11) is 0. The number of hydrogen-bond acceptors (Lipinski definition) is 7. The van der Waals surface area contributed by atoms with Gasteiger partial charge in [-0.3, -0.25) is 9.59 Å². The summed E-state index contributed by atoms with van der Waals surface area (Å²) < 4.78 is 20.0. The van der Waals surface area contributed by atoms with Crippen molar-refractivity contribution in [2.45, 2.75) is 25.7 Å². The lowest BCUT2D eigenvalue weighted by Crippen LogP contribution is -2.14.